The number of nitrogens with two attached hydrogens (primary N) is 1. The van der Waals surface area contributed by atoms with Crippen molar-refractivity contribution in [3.8, 4) is 0 Å². The van der Waals surface area contributed by atoms with E-state index in [1.165, 1.54) is 0 Å². The molecule has 1 aliphatic carbocycles. The fourth-order valence-electron chi connectivity index (χ4n) is 5.58. The zero-order valence-electron chi connectivity index (χ0n) is 21.4. The summed E-state index contributed by atoms with van der Waals surface area (Å²) in [4.78, 5) is 22.0. The van der Waals surface area contributed by atoms with Crippen LogP contribution in [0.1, 0.15) is 93.4 Å². The number of rotatable bonds is 9. The van der Waals surface area contributed by atoms with Crippen molar-refractivity contribution >= 4 is 29.3 Å². The highest BCUT2D eigenvalue weighted by molar-refractivity contribution is 6.30. The number of allylic oxidation sites excluding steroid dienone is 1. The maximum Gasteiger partial charge on any atom is 0.161 e. The number of anilines is 1. The third-order valence-electron chi connectivity index (χ3n) is 7.67. The molecule has 0 bridgehead atoms. The van der Waals surface area contributed by atoms with E-state index >= 15 is 0 Å². The van der Waals surface area contributed by atoms with Gasteiger partial charge in [-0.25, -0.2) is 9.97 Å². The monoisotopic (exact) mass is 495 g/mol. The maximum absolute atomic E-state index is 12.5. The van der Waals surface area contributed by atoms with Crippen LogP contribution >= 0.6 is 11.6 Å². The third-order valence-corrected chi connectivity index (χ3v) is 7.90. The second-order valence-electron chi connectivity index (χ2n) is 10.5. The number of hydrogen-bond donors (Lipinski definition) is 2. The summed E-state index contributed by atoms with van der Waals surface area (Å²) in [6, 6.07) is 5.74. The minimum atomic E-state index is -0.761. The van der Waals surface area contributed by atoms with Crippen LogP contribution in [0.25, 0.3) is 5.57 Å². The molecule has 0 aliphatic heterocycles. The highest BCUT2D eigenvalue weighted by Crippen LogP contribution is 2.45. The number of benzene rings is 1. The van der Waals surface area contributed by atoms with Crippen LogP contribution in [0.15, 0.2) is 37.1 Å². The molecule has 1 unspecified atom stereocenters. The zero-order valence-corrected chi connectivity index (χ0v) is 22.2. The highest BCUT2D eigenvalue weighted by atomic mass is 35.5. The van der Waals surface area contributed by atoms with Crippen molar-refractivity contribution < 1.29 is 9.90 Å². The van der Waals surface area contributed by atoms with E-state index in [2.05, 4.69) is 32.0 Å². The molecular formula is C29H38ClN3O2. The Labute approximate surface area is 214 Å². The standard InChI is InChI=1S/C29H38ClN3O2/c1-17(2)25-15-23(30)13-14-24(25)19(4)28-32-20(5)26(27(31)33-28)29(6,16-34)22-11-9-21(10-12-22)8-7-18(3)35/h13-17,21-22,35H,3-4,7-12H2,1-2,5-6H3,(H2,31,32,33). The molecule has 188 valence electrons. The zero-order chi connectivity index (χ0) is 25.9. The van der Waals surface area contributed by atoms with E-state index in [0.29, 0.717) is 40.3 Å². The van der Waals surface area contributed by atoms with E-state index in [0.717, 1.165) is 55.1 Å². The molecular weight excluding hydrogens is 458 g/mol. The van der Waals surface area contributed by atoms with Gasteiger partial charge in [-0.3, -0.25) is 0 Å². The number of halogens is 1. The summed E-state index contributed by atoms with van der Waals surface area (Å²) < 4.78 is 0. The molecule has 0 amide bonds. The minimum Gasteiger partial charge on any atom is -0.513 e. The summed E-state index contributed by atoms with van der Waals surface area (Å²) in [5.74, 6) is 2.00. The van der Waals surface area contributed by atoms with Gasteiger partial charge in [-0.1, -0.05) is 57.5 Å². The molecule has 1 atom stereocenters. The van der Waals surface area contributed by atoms with E-state index in [4.69, 9.17) is 22.3 Å². The lowest BCUT2D eigenvalue weighted by Gasteiger charge is -2.39. The lowest BCUT2D eigenvalue weighted by Crippen LogP contribution is -2.38. The molecule has 1 heterocycles. The Hall–Kier alpha value is -2.66. The molecule has 1 aromatic heterocycles. The molecule has 0 spiro atoms. The van der Waals surface area contributed by atoms with E-state index in [1.54, 1.807) is 0 Å². The first-order chi connectivity index (χ1) is 16.5. The van der Waals surface area contributed by atoms with Gasteiger partial charge < -0.3 is 15.6 Å². The number of aromatic nitrogens is 2. The summed E-state index contributed by atoms with van der Waals surface area (Å²) >= 11 is 6.23. The number of aryl methyl sites for hydroxylation is 1. The predicted octanol–water partition coefficient (Wildman–Crippen LogP) is 7.32. The molecule has 5 nitrogen and oxygen atoms in total. The number of nitrogen functional groups attached to an aromatic ring is 1. The lowest BCUT2D eigenvalue weighted by molar-refractivity contribution is -0.114. The first kappa shape index (κ1) is 26.9. The van der Waals surface area contributed by atoms with Crippen LogP contribution in [-0.4, -0.2) is 21.4 Å². The summed E-state index contributed by atoms with van der Waals surface area (Å²) in [7, 11) is 0. The van der Waals surface area contributed by atoms with Gasteiger partial charge in [0.15, 0.2) is 5.82 Å². The Morgan fingerprint density at radius 3 is 2.46 bits per heavy atom. The number of carbonyl (C=O) groups excluding carboxylic acids is 1. The highest BCUT2D eigenvalue weighted by Gasteiger charge is 2.41. The molecule has 1 aromatic carbocycles. The van der Waals surface area contributed by atoms with Crippen LogP contribution in [0, 0.1) is 18.8 Å². The molecule has 0 saturated heterocycles. The second kappa shape index (κ2) is 10.9. The average molecular weight is 496 g/mol. The third kappa shape index (κ3) is 5.78. The van der Waals surface area contributed by atoms with Crippen molar-refractivity contribution in [2.75, 3.05) is 5.73 Å². The van der Waals surface area contributed by atoms with E-state index < -0.39 is 5.41 Å². The molecule has 3 rings (SSSR count). The van der Waals surface area contributed by atoms with Crippen molar-refractivity contribution in [2.24, 2.45) is 11.8 Å². The topological polar surface area (TPSA) is 89.1 Å². The molecule has 1 aliphatic rings. The first-order valence-electron chi connectivity index (χ1n) is 12.4. The van der Waals surface area contributed by atoms with Gasteiger partial charge in [0.05, 0.1) is 11.2 Å². The number of hydrogen-bond acceptors (Lipinski definition) is 5. The van der Waals surface area contributed by atoms with E-state index in [1.807, 2.05) is 32.0 Å². The van der Waals surface area contributed by atoms with Gasteiger partial charge in [0.2, 0.25) is 0 Å². The number of aliphatic hydroxyl groups excluding tert-OH is 1. The van der Waals surface area contributed by atoms with Gasteiger partial charge in [-0.15, -0.1) is 0 Å². The number of aliphatic hydroxyl groups is 1. The van der Waals surface area contributed by atoms with Crippen LogP contribution in [0.4, 0.5) is 5.82 Å². The minimum absolute atomic E-state index is 0.163. The van der Waals surface area contributed by atoms with E-state index in [-0.39, 0.29) is 17.6 Å². The van der Waals surface area contributed by atoms with Crippen molar-refractivity contribution in [1.29, 1.82) is 0 Å². The first-order valence-corrected chi connectivity index (χ1v) is 12.8. The van der Waals surface area contributed by atoms with Crippen LogP contribution in [0.5, 0.6) is 0 Å². The van der Waals surface area contributed by atoms with Gasteiger partial charge in [0, 0.05) is 28.3 Å². The van der Waals surface area contributed by atoms with Crippen LogP contribution in [-0.2, 0) is 10.2 Å². The van der Waals surface area contributed by atoms with Crippen LogP contribution in [0.3, 0.4) is 0 Å². The Morgan fingerprint density at radius 1 is 1.26 bits per heavy atom. The number of aldehydes is 1. The Morgan fingerprint density at radius 2 is 1.91 bits per heavy atom. The van der Waals surface area contributed by atoms with Crippen molar-refractivity contribution in [3.05, 3.63) is 70.3 Å². The van der Waals surface area contributed by atoms with E-state index in [9.17, 15) is 9.90 Å². The van der Waals surface area contributed by atoms with Gasteiger partial charge in [0.1, 0.15) is 12.1 Å². The smallest absolute Gasteiger partial charge is 0.161 e. The largest absolute Gasteiger partial charge is 0.513 e. The lowest BCUT2D eigenvalue weighted by atomic mass is 9.64. The fourth-order valence-corrected chi connectivity index (χ4v) is 5.76. The molecule has 0 radical (unpaired) electrons. The summed E-state index contributed by atoms with van der Waals surface area (Å²) in [5.41, 5.74) is 9.90. The second-order valence-corrected chi connectivity index (χ2v) is 10.9. The van der Waals surface area contributed by atoms with Crippen molar-refractivity contribution in [3.63, 3.8) is 0 Å². The average Bonchev–Trinajstić information content (AvgIpc) is 2.81. The summed E-state index contributed by atoms with van der Waals surface area (Å²) in [5, 5.41) is 10.1. The van der Waals surface area contributed by atoms with Crippen molar-refractivity contribution in [2.45, 2.75) is 77.6 Å². The summed E-state index contributed by atoms with van der Waals surface area (Å²) in [6.07, 6.45) is 6.48. The summed E-state index contributed by atoms with van der Waals surface area (Å²) in [6.45, 7) is 15.9. The number of nitrogens with zero attached hydrogens (tertiary/aromatic N) is 2. The normalized spacial score (nSPS) is 19.8. The van der Waals surface area contributed by atoms with Gasteiger partial charge in [0.25, 0.3) is 0 Å². The molecule has 35 heavy (non-hydrogen) atoms. The molecule has 3 N–H and O–H groups in total. The van der Waals surface area contributed by atoms with Gasteiger partial charge in [-0.05, 0) is 74.1 Å². The maximum atomic E-state index is 12.5. The Balaban J connectivity index is 1.90. The quantitative estimate of drug-likeness (QED) is 0.281. The molecule has 6 heteroatoms. The van der Waals surface area contributed by atoms with Crippen molar-refractivity contribution in [1.82, 2.24) is 9.97 Å². The molecule has 1 fully saturated rings. The fraction of sp³-hybridized carbons (Fsp3) is 0.483. The van der Waals surface area contributed by atoms with Crippen LogP contribution in [0.2, 0.25) is 5.02 Å². The van der Waals surface area contributed by atoms with Crippen LogP contribution < -0.4 is 5.73 Å². The van der Waals surface area contributed by atoms with Gasteiger partial charge in [-0.2, -0.15) is 0 Å². The Bertz CT molecular complexity index is 1100. The number of carbonyl (C=O) groups is 1. The van der Waals surface area contributed by atoms with Gasteiger partial charge >= 0.3 is 0 Å². The molecule has 2 aromatic rings. The Kier molecular flexibility index (Phi) is 8.42. The molecule has 1 saturated carbocycles. The SMILES string of the molecule is C=C(O)CCC1CCC(C(C)(C=O)c2c(C)nc(C(=C)c3ccc(Cl)cc3C(C)C)nc2N)CC1. The predicted molar refractivity (Wildman–Crippen MR) is 145 cm³/mol.